The van der Waals surface area contributed by atoms with Gasteiger partial charge in [0.25, 0.3) is 0 Å². The normalized spacial score (nSPS) is 12.1. The van der Waals surface area contributed by atoms with Gasteiger partial charge < -0.3 is 5.32 Å². The number of hydrogen-bond acceptors (Lipinski definition) is 4. The summed E-state index contributed by atoms with van der Waals surface area (Å²) in [5.74, 6) is 0.470. The summed E-state index contributed by atoms with van der Waals surface area (Å²) in [7, 11) is 0. The summed E-state index contributed by atoms with van der Waals surface area (Å²) >= 11 is 1.23. The summed E-state index contributed by atoms with van der Waals surface area (Å²) in [5.41, 5.74) is 2.70. The van der Waals surface area contributed by atoms with Crippen molar-refractivity contribution in [2.24, 2.45) is 0 Å². The van der Waals surface area contributed by atoms with Crippen molar-refractivity contribution in [2.45, 2.75) is 37.9 Å². The van der Waals surface area contributed by atoms with Crippen molar-refractivity contribution in [1.29, 1.82) is 0 Å². The molecule has 0 fully saturated rings. The van der Waals surface area contributed by atoms with E-state index in [2.05, 4.69) is 29.4 Å². The summed E-state index contributed by atoms with van der Waals surface area (Å²) in [6.45, 7) is 6.20. The van der Waals surface area contributed by atoms with Crippen molar-refractivity contribution in [1.82, 2.24) is 14.8 Å². The molecule has 3 rings (SSSR count). The summed E-state index contributed by atoms with van der Waals surface area (Å²) < 4.78 is 1.57. The first-order valence-electron chi connectivity index (χ1n) is 9.20. The number of H-pyrrole nitrogens is 1. The number of aromatic amines is 1. The molecular weight excluding hydrogens is 372 g/mol. The van der Waals surface area contributed by atoms with Crippen molar-refractivity contribution in [3.63, 3.8) is 0 Å². The van der Waals surface area contributed by atoms with Crippen molar-refractivity contribution in [2.75, 3.05) is 11.1 Å². The van der Waals surface area contributed by atoms with E-state index in [1.54, 1.807) is 4.57 Å². The molecule has 0 spiro atoms. The van der Waals surface area contributed by atoms with Crippen LogP contribution in [0.4, 0.5) is 5.69 Å². The molecule has 1 amide bonds. The molecule has 0 radical (unpaired) electrons. The maximum absolute atomic E-state index is 12.3. The van der Waals surface area contributed by atoms with Gasteiger partial charge in [0, 0.05) is 5.69 Å². The Labute approximate surface area is 168 Å². The van der Waals surface area contributed by atoms with Gasteiger partial charge in [-0.1, -0.05) is 68.1 Å². The van der Waals surface area contributed by atoms with Gasteiger partial charge in [0.1, 0.15) is 0 Å². The standard InChI is InChI=1S/C21H24N4O2S/c1-14(2)16-9-11-18(12-10-16)22-19(26)13-28-21-24-23-20(27)25(21)15(3)17-7-5-4-6-8-17/h4-12,14-15H,13H2,1-3H3,(H,22,26)(H,23,27). The van der Waals surface area contributed by atoms with Gasteiger partial charge in [0.2, 0.25) is 5.91 Å². The average molecular weight is 397 g/mol. The molecule has 1 aromatic heterocycles. The minimum absolute atomic E-state index is 0.142. The predicted octanol–water partition coefficient (Wildman–Crippen LogP) is 4.03. The van der Waals surface area contributed by atoms with Crippen molar-refractivity contribution < 1.29 is 4.79 Å². The second-order valence-electron chi connectivity index (χ2n) is 6.88. The number of carbonyl (C=O) groups is 1. The molecule has 0 saturated carbocycles. The highest BCUT2D eigenvalue weighted by atomic mass is 32.2. The molecule has 28 heavy (non-hydrogen) atoms. The molecule has 146 valence electrons. The van der Waals surface area contributed by atoms with E-state index in [1.807, 2.05) is 61.5 Å². The number of aromatic nitrogens is 3. The van der Waals surface area contributed by atoms with E-state index < -0.39 is 0 Å². The van der Waals surface area contributed by atoms with Gasteiger partial charge in [0.05, 0.1) is 11.8 Å². The molecule has 0 aliphatic rings. The second kappa shape index (κ2) is 8.93. The van der Waals surface area contributed by atoms with Gasteiger partial charge in [0.15, 0.2) is 5.16 Å². The zero-order chi connectivity index (χ0) is 20.1. The van der Waals surface area contributed by atoms with E-state index in [0.717, 1.165) is 11.3 Å². The highest BCUT2D eigenvalue weighted by Gasteiger charge is 2.17. The molecule has 3 aromatic rings. The number of carbonyl (C=O) groups excluding carboxylic acids is 1. The van der Waals surface area contributed by atoms with Crippen LogP contribution in [0, 0.1) is 0 Å². The van der Waals surface area contributed by atoms with Crippen LogP contribution in [-0.4, -0.2) is 26.4 Å². The van der Waals surface area contributed by atoms with Gasteiger partial charge in [-0.25, -0.2) is 9.89 Å². The lowest BCUT2D eigenvalue weighted by Gasteiger charge is -2.14. The Morgan fingerprint density at radius 2 is 1.75 bits per heavy atom. The molecule has 2 N–H and O–H groups in total. The Hall–Kier alpha value is -2.80. The first-order chi connectivity index (χ1) is 13.5. The molecule has 1 heterocycles. The summed E-state index contributed by atoms with van der Waals surface area (Å²) in [4.78, 5) is 24.5. The second-order valence-corrected chi connectivity index (χ2v) is 7.82. The summed E-state index contributed by atoms with van der Waals surface area (Å²) in [6.07, 6.45) is 0. The lowest BCUT2D eigenvalue weighted by molar-refractivity contribution is -0.113. The fourth-order valence-electron chi connectivity index (χ4n) is 2.89. The minimum Gasteiger partial charge on any atom is -0.325 e. The number of rotatable bonds is 7. The SMILES string of the molecule is CC(C)c1ccc(NC(=O)CSc2n[nH]c(=O)n2C(C)c2ccccc2)cc1. The van der Waals surface area contributed by atoms with Crippen molar-refractivity contribution in [3.05, 3.63) is 76.2 Å². The molecule has 0 aliphatic carbocycles. The zero-order valence-electron chi connectivity index (χ0n) is 16.2. The third-order valence-electron chi connectivity index (χ3n) is 4.53. The monoisotopic (exact) mass is 396 g/mol. The fraction of sp³-hybridized carbons (Fsp3) is 0.286. The molecule has 2 aromatic carbocycles. The summed E-state index contributed by atoms with van der Waals surface area (Å²) in [5, 5.41) is 9.94. The smallest absolute Gasteiger partial charge is 0.325 e. The Balaban J connectivity index is 1.65. The third kappa shape index (κ3) is 4.72. The Morgan fingerprint density at radius 3 is 2.39 bits per heavy atom. The highest BCUT2D eigenvalue weighted by Crippen LogP contribution is 2.23. The van der Waals surface area contributed by atoms with Gasteiger partial charge in [-0.15, -0.1) is 5.10 Å². The van der Waals surface area contributed by atoms with E-state index in [9.17, 15) is 9.59 Å². The zero-order valence-corrected chi connectivity index (χ0v) is 17.0. The topological polar surface area (TPSA) is 79.8 Å². The molecule has 7 heteroatoms. The van der Waals surface area contributed by atoms with E-state index in [1.165, 1.54) is 17.3 Å². The largest absolute Gasteiger partial charge is 0.344 e. The molecule has 0 aliphatic heterocycles. The molecule has 0 bridgehead atoms. The van der Waals surface area contributed by atoms with Crippen LogP contribution in [0.25, 0.3) is 0 Å². The van der Waals surface area contributed by atoms with Crippen molar-refractivity contribution in [3.8, 4) is 0 Å². The quantitative estimate of drug-likeness (QED) is 0.591. The number of benzene rings is 2. The van der Waals surface area contributed by atoms with Gasteiger partial charge in [-0.05, 0) is 36.1 Å². The maximum Gasteiger partial charge on any atom is 0.344 e. The van der Waals surface area contributed by atoms with E-state index >= 15 is 0 Å². The van der Waals surface area contributed by atoms with E-state index in [4.69, 9.17) is 0 Å². The molecule has 6 nitrogen and oxygen atoms in total. The molecule has 0 saturated heterocycles. The van der Waals surface area contributed by atoms with Crippen LogP contribution in [0.15, 0.2) is 64.5 Å². The van der Waals surface area contributed by atoms with Crippen LogP contribution < -0.4 is 11.0 Å². The Morgan fingerprint density at radius 1 is 1.07 bits per heavy atom. The van der Waals surface area contributed by atoms with Crippen LogP contribution in [0.3, 0.4) is 0 Å². The Bertz CT molecular complexity index is 978. The number of nitrogens with one attached hydrogen (secondary N) is 2. The maximum atomic E-state index is 12.3. The van der Waals surface area contributed by atoms with Gasteiger partial charge in [-0.3, -0.25) is 9.36 Å². The van der Waals surface area contributed by atoms with E-state index in [0.29, 0.717) is 11.1 Å². The summed E-state index contributed by atoms with van der Waals surface area (Å²) in [6, 6.07) is 17.4. The predicted molar refractivity (Wildman–Crippen MR) is 113 cm³/mol. The first-order valence-corrected chi connectivity index (χ1v) is 10.2. The molecule has 1 atom stereocenters. The number of anilines is 1. The Kier molecular flexibility index (Phi) is 6.36. The van der Waals surface area contributed by atoms with Crippen LogP contribution in [0.2, 0.25) is 0 Å². The van der Waals surface area contributed by atoms with Crippen LogP contribution in [0.1, 0.15) is 43.9 Å². The molecular formula is C21H24N4O2S. The van der Waals surface area contributed by atoms with Crippen molar-refractivity contribution >= 4 is 23.4 Å². The number of hydrogen-bond donors (Lipinski definition) is 2. The number of thioether (sulfide) groups is 1. The van der Waals surface area contributed by atoms with Gasteiger partial charge >= 0.3 is 5.69 Å². The lowest BCUT2D eigenvalue weighted by atomic mass is 10.0. The number of amides is 1. The van der Waals surface area contributed by atoms with Crippen LogP contribution in [0.5, 0.6) is 0 Å². The molecule has 1 unspecified atom stereocenters. The highest BCUT2D eigenvalue weighted by molar-refractivity contribution is 7.99. The third-order valence-corrected chi connectivity index (χ3v) is 5.49. The lowest BCUT2D eigenvalue weighted by Crippen LogP contribution is -2.22. The number of nitrogens with zero attached hydrogens (tertiary/aromatic N) is 2. The fourth-order valence-corrected chi connectivity index (χ4v) is 3.72. The van der Waals surface area contributed by atoms with Crippen LogP contribution in [-0.2, 0) is 4.79 Å². The minimum atomic E-state index is -0.288. The van der Waals surface area contributed by atoms with Crippen LogP contribution >= 0.6 is 11.8 Å². The van der Waals surface area contributed by atoms with Gasteiger partial charge in [-0.2, -0.15) is 0 Å². The van der Waals surface area contributed by atoms with E-state index in [-0.39, 0.29) is 23.4 Å². The first kappa shape index (κ1) is 19.9. The average Bonchev–Trinajstić information content (AvgIpc) is 3.07.